The molecule has 0 unspecified atom stereocenters. The predicted molar refractivity (Wildman–Crippen MR) is 259 cm³/mol. The molecule has 0 saturated heterocycles. The highest BCUT2D eigenvalue weighted by Gasteiger charge is 2.25. The summed E-state index contributed by atoms with van der Waals surface area (Å²) in [5.41, 5.74) is 11.7. The molecule has 0 spiro atoms. The number of hydrogen-bond acceptors (Lipinski definition) is 8. The van der Waals surface area contributed by atoms with Crippen LogP contribution < -0.4 is 9.80 Å². The summed E-state index contributed by atoms with van der Waals surface area (Å²) in [6.07, 6.45) is 0. The van der Waals surface area contributed by atoms with Crippen molar-refractivity contribution in [3.63, 3.8) is 0 Å². The Kier molecular flexibility index (Phi) is 11.0. The van der Waals surface area contributed by atoms with Crippen LogP contribution in [-0.4, -0.2) is 29.9 Å². The Morgan fingerprint density at radius 1 is 0.266 bits per heavy atom. The molecule has 0 saturated carbocycles. The van der Waals surface area contributed by atoms with Gasteiger partial charge in [0.2, 0.25) is 11.9 Å². The van der Waals surface area contributed by atoms with Gasteiger partial charge in [-0.05, 0) is 84.6 Å². The molecule has 306 valence electrons. The highest BCUT2D eigenvalue weighted by molar-refractivity contribution is 5.84. The van der Waals surface area contributed by atoms with Crippen LogP contribution in [0.25, 0.3) is 56.7 Å². The monoisotopic (exact) mass is 826 g/mol. The molecule has 10 rings (SSSR count). The summed E-state index contributed by atoms with van der Waals surface area (Å²) in [6.45, 7) is 4.31. The first-order valence-corrected chi connectivity index (χ1v) is 21.2. The summed E-state index contributed by atoms with van der Waals surface area (Å²) < 4.78 is 0. The van der Waals surface area contributed by atoms with Crippen molar-refractivity contribution in [2.75, 3.05) is 9.80 Å². The quantitative estimate of drug-likeness (QED) is 0.127. The smallest absolute Gasteiger partial charge is 0.241 e. The Morgan fingerprint density at radius 3 is 0.859 bits per heavy atom. The van der Waals surface area contributed by atoms with Crippen molar-refractivity contribution in [2.24, 2.45) is 0 Å². The molecule has 0 bridgehead atoms. The van der Waals surface area contributed by atoms with Crippen LogP contribution in [0.2, 0.25) is 0 Å². The van der Waals surface area contributed by atoms with Crippen LogP contribution in [-0.2, 0) is 0 Å². The van der Waals surface area contributed by atoms with Crippen molar-refractivity contribution in [1.82, 2.24) is 29.9 Å². The van der Waals surface area contributed by atoms with E-state index >= 15 is 0 Å². The van der Waals surface area contributed by atoms with E-state index in [4.69, 9.17) is 29.9 Å². The molecule has 0 N–H and O–H groups in total. The van der Waals surface area contributed by atoms with E-state index in [-0.39, 0.29) is 0 Å². The second-order valence-corrected chi connectivity index (χ2v) is 15.4. The molecule has 2 heterocycles. The molecule has 0 aliphatic carbocycles. The van der Waals surface area contributed by atoms with Gasteiger partial charge in [-0.3, -0.25) is 0 Å². The fourth-order valence-electron chi connectivity index (χ4n) is 7.80. The maximum atomic E-state index is 5.23. The minimum absolute atomic E-state index is 0.358. The maximum absolute atomic E-state index is 5.23. The summed E-state index contributed by atoms with van der Waals surface area (Å²) >= 11 is 0. The Morgan fingerprint density at radius 2 is 0.547 bits per heavy atom. The Hall–Kier alpha value is -8.62. The van der Waals surface area contributed by atoms with Crippen molar-refractivity contribution in [3.05, 3.63) is 230 Å². The summed E-state index contributed by atoms with van der Waals surface area (Å²) in [5, 5.41) is 0. The van der Waals surface area contributed by atoms with Gasteiger partial charge < -0.3 is 4.90 Å². The second kappa shape index (κ2) is 17.8. The third-order valence-corrected chi connectivity index (χ3v) is 11.1. The lowest BCUT2D eigenvalue weighted by atomic mass is 9.95. The van der Waals surface area contributed by atoms with Gasteiger partial charge in [-0.15, -0.1) is 0 Å². The molecule has 0 atom stereocenters. The fourth-order valence-corrected chi connectivity index (χ4v) is 7.80. The van der Waals surface area contributed by atoms with E-state index in [9.17, 15) is 0 Å². The molecular formula is C56H42N8. The summed E-state index contributed by atoms with van der Waals surface area (Å²) in [4.78, 5) is 35.2. The molecule has 2 aromatic heterocycles. The van der Waals surface area contributed by atoms with Crippen LogP contribution in [0, 0.1) is 13.8 Å². The van der Waals surface area contributed by atoms with Gasteiger partial charge in [0.1, 0.15) is 0 Å². The number of para-hydroxylation sites is 2. The first kappa shape index (κ1) is 39.5. The third kappa shape index (κ3) is 8.23. The molecule has 8 aromatic carbocycles. The standard InChI is InChI=1S/C56H42N8/c1-39-33-35-47(63(45-29-17-7-18-30-45)46-31-19-8-20-32-46)37-49(39)50-38-48(36-34-40(50)2)64(55-59-51(41-21-9-3-10-22-41)57-52(60-55)42-23-11-4-12-24-42)56-61-53(43-25-13-5-14-26-43)58-54(62-56)44-27-15-6-16-28-44/h3-38H,1-2H3. The average molecular weight is 827 g/mol. The fraction of sp³-hybridized carbons (Fsp3) is 0.0357. The Bertz CT molecular complexity index is 2890. The van der Waals surface area contributed by atoms with Crippen molar-refractivity contribution < 1.29 is 0 Å². The molecule has 10 aromatic rings. The van der Waals surface area contributed by atoms with Crippen molar-refractivity contribution in [1.29, 1.82) is 0 Å². The van der Waals surface area contributed by atoms with E-state index in [0.29, 0.717) is 35.2 Å². The van der Waals surface area contributed by atoms with E-state index in [0.717, 1.165) is 67.3 Å². The van der Waals surface area contributed by atoms with E-state index in [1.54, 1.807) is 0 Å². The lowest BCUT2D eigenvalue weighted by Gasteiger charge is -2.27. The van der Waals surface area contributed by atoms with Gasteiger partial charge >= 0.3 is 0 Å². The predicted octanol–water partition coefficient (Wildman–Crippen LogP) is 13.9. The number of anilines is 6. The lowest BCUT2D eigenvalue weighted by Crippen LogP contribution is -2.19. The number of rotatable bonds is 11. The van der Waals surface area contributed by atoms with Crippen LogP contribution >= 0.6 is 0 Å². The van der Waals surface area contributed by atoms with Crippen molar-refractivity contribution in [3.8, 4) is 56.7 Å². The van der Waals surface area contributed by atoms with Gasteiger partial charge in [-0.1, -0.05) is 170 Å². The van der Waals surface area contributed by atoms with Gasteiger partial charge in [0, 0.05) is 39.3 Å². The van der Waals surface area contributed by atoms with Crippen LogP contribution in [0.4, 0.5) is 34.6 Å². The highest BCUT2D eigenvalue weighted by atomic mass is 15.4. The first-order valence-electron chi connectivity index (χ1n) is 21.2. The molecule has 0 radical (unpaired) electrons. The number of aromatic nitrogens is 6. The van der Waals surface area contributed by atoms with Crippen molar-refractivity contribution >= 4 is 34.6 Å². The van der Waals surface area contributed by atoms with Crippen LogP contribution in [0.3, 0.4) is 0 Å². The minimum atomic E-state index is 0.358. The normalized spacial score (nSPS) is 11.0. The molecule has 0 fully saturated rings. The molecule has 0 aliphatic rings. The number of aryl methyl sites for hydroxylation is 2. The zero-order valence-corrected chi connectivity index (χ0v) is 35.4. The summed E-state index contributed by atoms with van der Waals surface area (Å²) in [5.74, 6) is 2.80. The SMILES string of the molecule is Cc1ccc(N(c2ccccc2)c2ccccc2)cc1-c1cc(N(c2nc(-c3ccccc3)nc(-c3ccccc3)n2)c2nc(-c3ccccc3)nc(-c3ccccc3)n2)ccc1C. The molecule has 8 nitrogen and oxygen atoms in total. The largest absolute Gasteiger partial charge is 0.310 e. The number of benzene rings is 8. The van der Waals surface area contributed by atoms with Gasteiger partial charge in [0.15, 0.2) is 23.3 Å². The van der Waals surface area contributed by atoms with E-state index < -0.39 is 0 Å². The zero-order valence-electron chi connectivity index (χ0n) is 35.4. The van der Waals surface area contributed by atoms with E-state index in [1.165, 1.54) is 0 Å². The Balaban J connectivity index is 1.21. The maximum Gasteiger partial charge on any atom is 0.241 e. The zero-order chi connectivity index (χ0) is 43.2. The summed E-state index contributed by atoms with van der Waals surface area (Å²) in [7, 11) is 0. The minimum Gasteiger partial charge on any atom is -0.310 e. The van der Waals surface area contributed by atoms with Gasteiger partial charge in [0.25, 0.3) is 0 Å². The third-order valence-electron chi connectivity index (χ3n) is 11.1. The molecule has 0 amide bonds. The van der Waals surface area contributed by atoms with Crippen LogP contribution in [0.5, 0.6) is 0 Å². The first-order chi connectivity index (χ1) is 31.6. The van der Waals surface area contributed by atoms with Gasteiger partial charge in [0.05, 0.1) is 5.69 Å². The molecular weight excluding hydrogens is 785 g/mol. The second-order valence-electron chi connectivity index (χ2n) is 15.4. The van der Waals surface area contributed by atoms with E-state index in [1.807, 2.05) is 138 Å². The van der Waals surface area contributed by atoms with Gasteiger partial charge in [-0.25, -0.2) is 14.9 Å². The average Bonchev–Trinajstić information content (AvgIpc) is 3.37. The van der Waals surface area contributed by atoms with E-state index in [2.05, 4.69) is 104 Å². The molecule has 64 heavy (non-hydrogen) atoms. The topological polar surface area (TPSA) is 83.8 Å². The molecule has 0 aliphatic heterocycles. The number of nitrogens with zero attached hydrogens (tertiary/aromatic N) is 8. The van der Waals surface area contributed by atoms with Crippen molar-refractivity contribution in [2.45, 2.75) is 13.8 Å². The lowest BCUT2D eigenvalue weighted by molar-refractivity contribution is 0.964. The highest BCUT2D eigenvalue weighted by Crippen LogP contribution is 2.41. The van der Waals surface area contributed by atoms with Crippen LogP contribution in [0.15, 0.2) is 218 Å². The van der Waals surface area contributed by atoms with Gasteiger partial charge in [-0.2, -0.15) is 19.9 Å². The summed E-state index contributed by atoms with van der Waals surface area (Å²) in [6, 6.07) is 74.0. The number of hydrogen-bond donors (Lipinski definition) is 0. The van der Waals surface area contributed by atoms with Crippen LogP contribution in [0.1, 0.15) is 11.1 Å². The molecule has 8 heteroatoms. The Labute approximate surface area is 373 Å².